The zero-order valence-corrected chi connectivity index (χ0v) is 15.9. The van der Waals surface area contributed by atoms with Crippen LogP contribution in [0, 0.1) is 20.8 Å². The number of nitrogens with one attached hydrogen (secondary N) is 1. The molecule has 0 spiro atoms. The molecule has 4 heterocycles. The highest BCUT2D eigenvalue weighted by atomic mass is 16.5. The normalized spacial score (nSPS) is 11.1. The van der Waals surface area contributed by atoms with E-state index < -0.39 is 0 Å². The predicted octanol–water partition coefficient (Wildman–Crippen LogP) is 3.78. The predicted molar refractivity (Wildman–Crippen MR) is 104 cm³/mol. The highest BCUT2D eigenvalue weighted by molar-refractivity contribution is 6.07. The van der Waals surface area contributed by atoms with Crippen LogP contribution >= 0.6 is 0 Å². The van der Waals surface area contributed by atoms with E-state index in [4.69, 9.17) is 8.94 Å². The van der Waals surface area contributed by atoms with Crippen molar-refractivity contribution in [1.29, 1.82) is 0 Å². The van der Waals surface area contributed by atoms with E-state index in [9.17, 15) is 4.79 Å². The van der Waals surface area contributed by atoms with E-state index in [0.29, 0.717) is 41.0 Å². The number of nitrogens with zero attached hydrogens (tertiary/aromatic N) is 3. The molecule has 0 saturated carbocycles. The number of aromatic nitrogens is 3. The van der Waals surface area contributed by atoms with Gasteiger partial charge in [0.2, 0.25) is 0 Å². The van der Waals surface area contributed by atoms with Gasteiger partial charge in [-0.25, -0.2) is 4.98 Å². The molecule has 0 radical (unpaired) electrons. The van der Waals surface area contributed by atoms with Gasteiger partial charge >= 0.3 is 0 Å². The van der Waals surface area contributed by atoms with Crippen LogP contribution in [0.2, 0.25) is 0 Å². The van der Waals surface area contributed by atoms with Gasteiger partial charge in [0, 0.05) is 30.4 Å². The van der Waals surface area contributed by atoms with Gasteiger partial charge in [0.25, 0.3) is 11.6 Å². The molecule has 0 aliphatic rings. The lowest BCUT2D eigenvalue weighted by atomic mass is 10.1. The Kier molecular flexibility index (Phi) is 4.65. The SMILES string of the molecule is Cc1cc(-c2cc(C(=O)NCCc3ccccn3)c3c(C)noc3n2)c(C)o1. The highest BCUT2D eigenvalue weighted by Crippen LogP contribution is 2.30. The molecule has 0 saturated heterocycles. The van der Waals surface area contributed by atoms with Crippen LogP contribution in [0.4, 0.5) is 0 Å². The quantitative estimate of drug-likeness (QED) is 0.570. The van der Waals surface area contributed by atoms with E-state index in [2.05, 4.69) is 20.4 Å². The molecular weight excluding hydrogens is 356 g/mol. The Morgan fingerprint density at radius 1 is 1.18 bits per heavy atom. The van der Waals surface area contributed by atoms with E-state index in [1.165, 1.54) is 0 Å². The Morgan fingerprint density at radius 2 is 2.04 bits per heavy atom. The van der Waals surface area contributed by atoms with Crippen LogP contribution < -0.4 is 5.32 Å². The second kappa shape index (κ2) is 7.26. The van der Waals surface area contributed by atoms with Gasteiger partial charge in [0.15, 0.2) is 0 Å². The maximum atomic E-state index is 12.9. The number of pyridine rings is 2. The summed E-state index contributed by atoms with van der Waals surface area (Å²) in [6.45, 7) is 6.01. The lowest BCUT2D eigenvalue weighted by molar-refractivity contribution is 0.0955. The molecule has 0 aromatic carbocycles. The van der Waals surface area contributed by atoms with Gasteiger partial charge in [-0.15, -0.1) is 0 Å². The number of fused-ring (bicyclic) bond motifs is 1. The van der Waals surface area contributed by atoms with Gasteiger partial charge in [0.1, 0.15) is 11.5 Å². The Morgan fingerprint density at radius 3 is 2.75 bits per heavy atom. The molecule has 1 N–H and O–H groups in total. The standard InChI is InChI=1S/C21H20N4O3/c1-12-10-16(14(3)27-12)18-11-17(19-13(2)25-28-21(19)24-18)20(26)23-9-7-15-6-4-5-8-22-15/h4-6,8,10-11H,7,9H2,1-3H3,(H,23,26). The maximum absolute atomic E-state index is 12.9. The third-order valence-electron chi connectivity index (χ3n) is 4.57. The van der Waals surface area contributed by atoms with E-state index >= 15 is 0 Å². The van der Waals surface area contributed by atoms with Gasteiger partial charge in [0.05, 0.1) is 22.3 Å². The number of rotatable bonds is 5. The number of hydrogen-bond acceptors (Lipinski definition) is 6. The van der Waals surface area contributed by atoms with Crippen molar-refractivity contribution in [1.82, 2.24) is 20.4 Å². The minimum atomic E-state index is -0.200. The van der Waals surface area contributed by atoms with Gasteiger partial charge in [-0.1, -0.05) is 11.2 Å². The van der Waals surface area contributed by atoms with Gasteiger partial charge in [-0.05, 0) is 45.0 Å². The largest absolute Gasteiger partial charge is 0.466 e. The number of aryl methyl sites for hydroxylation is 3. The molecule has 4 rings (SSSR count). The second-order valence-corrected chi connectivity index (χ2v) is 6.66. The molecule has 7 nitrogen and oxygen atoms in total. The van der Waals surface area contributed by atoms with E-state index in [-0.39, 0.29) is 5.91 Å². The molecule has 1 amide bonds. The number of furan rings is 1. The molecule has 0 fully saturated rings. The molecule has 0 aliphatic carbocycles. The number of amides is 1. The van der Waals surface area contributed by atoms with Gasteiger partial charge in [-0.2, -0.15) is 0 Å². The molecule has 0 unspecified atom stereocenters. The Balaban J connectivity index is 1.65. The van der Waals surface area contributed by atoms with Crippen molar-refractivity contribution >= 4 is 17.0 Å². The minimum absolute atomic E-state index is 0.200. The first-order chi connectivity index (χ1) is 13.5. The van der Waals surface area contributed by atoms with Crippen molar-refractivity contribution in [2.75, 3.05) is 6.54 Å². The zero-order valence-electron chi connectivity index (χ0n) is 15.9. The molecular formula is C21H20N4O3. The average Bonchev–Trinajstić information content (AvgIpc) is 3.23. The van der Waals surface area contributed by atoms with E-state index in [0.717, 1.165) is 22.8 Å². The first-order valence-electron chi connectivity index (χ1n) is 9.05. The van der Waals surface area contributed by atoms with Gasteiger partial charge in [-0.3, -0.25) is 9.78 Å². The van der Waals surface area contributed by atoms with Gasteiger partial charge < -0.3 is 14.3 Å². The molecule has 28 heavy (non-hydrogen) atoms. The highest BCUT2D eigenvalue weighted by Gasteiger charge is 2.20. The van der Waals surface area contributed by atoms with E-state index in [1.54, 1.807) is 19.2 Å². The van der Waals surface area contributed by atoms with Crippen LogP contribution in [-0.2, 0) is 6.42 Å². The molecule has 7 heteroatoms. The lowest BCUT2D eigenvalue weighted by Crippen LogP contribution is -2.26. The number of carbonyl (C=O) groups is 1. The Labute approximate surface area is 161 Å². The van der Waals surface area contributed by atoms with Crippen molar-refractivity contribution in [2.45, 2.75) is 27.2 Å². The maximum Gasteiger partial charge on any atom is 0.259 e. The summed E-state index contributed by atoms with van der Waals surface area (Å²) >= 11 is 0. The molecule has 4 aromatic heterocycles. The average molecular weight is 376 g/mol. The Hall–Kier alpha value is -3.48. The summed E-state index contributed by atoms with van der Waals surface area (Å²) in [5.74, 6) is 1.32. The summed E-state index contributed by atoms with van der Waals surface area (Å²) in [5.41, 5.74) is 3.82. The molecule has 4 aromatic rings. The number of carbonyl (C=O) groups excluding carboxylic acids is 1. The first-order valence-corrected chi connectivity index (χ1v) is 9.05. The third kappa shape index (κ3) is 3.38. The van der Waals surface area contributed by atoms with Crippen LogP contribution in [-0.4, -0.2) is 27.6 Å². The van der Waals surface area contributed by atoms with Crippen molar-refractivity contribution in [3.05, 3.63) is 65.0 Å². The minimum Gasteiger partial charge on any atom is -0.466 e. The van der Waals surface area contributed by atoms with Crippen molar-refractivity contribution in [2.24, 2.45) is 0 Å². The smallest absolute Gasteiger partial charge is 0.259 e. The topological polar surface area (TPSA) is 94.1 Å². The van der Waals surface area contributed by atoms with Crippen LogP contribution in [0.3, 0.4) is 0 Å². The second-order valence-electron chi connectivity index (χ2n) is 6.66. The van der Waals surface area contributed by atoms with Crippen LogP contribution in [0.25, 0.3) is 22.4 Å². The van der Waals surface area contributed by atoms with Crippen LogP contribution in [0.5, 0.6) is 0 Å². The zero-order chi connectivity index (χ0) is 19.7. The summed E-state index contributed by atoms with van der Waals surface area (Å²) in [6, 6.07) is 9.39. The lowest BCUT2D eigenvalue weighted by Gasteiger charge is -2.08. The summed E-state index contributed by atoms with van der Waals surface area (Å²) in [5, 5.41) is 7.56. The summed E-state index contributed by atoms with van der Waals surface area (Å²) < 4.78 is 10.9. The monoisotopic (exact) mass is 376 g/mol. The summed E-state index contributed by atoms with van der Waals surface area (Å²) in [6.07, 6.45) is 2.39. The Bertz CT molecular complexity index is 1150. The van der Waals surface area contributed by atoms with Crippen LogP contribution in [0.15, 0.2) is 45.5 Å². The van der Waals surface area contributed by atoms with E-state index in [1.807, 2.05) is 38.1 Å². The molecule has 0 bridgehead atoms. The molecule has 0 aliphatic heterocycles. The first kappa shape index (κ1) is 17.9. The van der Waals surface area contributed by atoms with Crippen molar-refractivity contribution < 1.29 is 13.7 Å². The third-order valence-corrected chi connectivity index (χ3v) is 4.57. The fourth-order valence-electron chi connectivity index (χ4n) is 3.24. The fourth-order valence-corrected chi connectivity index (χ4v) is 3.24. The van der Waals surface area contributed by atoms with Crippen LogP contribution in [0.1, 0.15) is 33.3 Å². The summed E-state index contributed by atoms with van der Waals surface area (Å²) in [7, 11) is 0. The summed E-state index contributed by atoms with van der Waals surface area (Å²) in [4.78, 5) is 21.7. The van der Waals surface area contributed by atoms with Crippen molar-refractivity contribution in [3.8, 4) is 11.3 Å². The molecule has 142 valence electrons. The van der Waals surface area contributed by atoms with Crippen molar-refractivity contribution in [3.63, 3.8) is 0 Å². The number of hydrogen-bond donors (Lipinski definition) is 1. The fraction of sp³-hybridized carbons (Fsp3) is 0.238. The molecule has 0 atom stereocenters.